The zero-order valence-corrected chi connectivity index (χ0v) is 32.9. The lowest BCUT2D eigenvalue weighted by atomic mass is 9.75. The zero-order valence-electron chi connectivity index (χ0n) is 32.9. The first-order valence-corrected chi connectivity index (χ1v) is 20.3. The van der Waals surface area contributed by atoms with E-state index < -0.39 is 0 Å². The maximum Gasteiger partial charge on any atom is 0.0346 e. The summed E-state index contributed by atoms with van der Waals surface area (Å²) in [5, 5.41) is 0. The molecule has 286 valence electrons. The fourth-order valence-corrected chi connectivity index (χ4v) is 8.44. The van der Waals surface area contributed by atoms with Gasteiger partial charge in [-0.2, -0.15) is 0 Å². The molecule has 0 amide bonds. The number of pyridine rings is 6. The Morgan fingerprint density at radius 3 is 1.07 bits per heavy atom. The molecule has 10 rings (SSSR count). The van der Waals surface area contributed by atoms with E-state index in [1.165, 1.54) is 33.4 Å². The van der Waals surface area contributed by atoms with Gasteiger partial charge in [0.2, 0.25) is 0 Å². The summed E-state index contributed by atoms with van der Waals surface area (Å²) in [6.45, 7) is 0. The molecule has 8 aromatic rings. The first-order valence-electron chi connectivity index (χ1n) is 20.3. The summed E-state index contributed by atoms with van der Waals surface area (Å²) in [5.41, 5.74) is 18.4. The van der Waals surface area contributed by atoms with Crippen LogP contribution in [0.4, 0.5) is 0 Å². The zero-order chi connectivity index (χ0) is 40.1. The molecule has 2 atom stereocenters. The number of aromatic nitrogens is 6. The van der Waals surface area contributed by atoms with E-state index in [2.05, 4.69) is 127 Å². The molecule has 6 aromatic heterocycles. The number of hydrogen-bond donors (Lipinski definition) is 0. The highest BCUT2D eigenvalue weighted by Gasteiger charge is 2.26. The van der Waals surface area contributed by atoms with Crippen LogP contribution in [0.15, 0.2) is 219 Å². The van der Waals surface area contributed by atoms with Gasteiger partial charge >= 0.3 is 0 Å². The van der Waals surface area contributed by atoms with Crippen LogP contribution in [0.3, 0.4) is 0 Å². The first-order chi connectivity index (χ1) is 29.7. The summed E-state index contributed by atoms with van der Waals surface area (Å²) >= 11 is 0. The van der Waals surface area contributed by atoms with E-state index >= 15 is 0 Å². The second-order valence-electron chi connectivity index (χ2n) is 15.3. The van der Waals surface area contributed by atoms with Crippen LogP contribution in [-0.2, 0) is 0 Å². The third-order valence-electron chi connectivity index (χ3n) is 11.4. The van der Waals surface area contributed by atoms with Gasteiger partial charge < -0.3 is 0 Å². The molecule has 0 aliphatic heterocycles. The lowest BCUT2D eigenvalue weighted by Gasteiger charge is -2.29. The topological polar surface area (TPSA) is 77.3 Å². The maximum absolute atomic E-state index is 4.53. The fraction of sp³-hybridized carbons (Fsp3) is 0.0741. The average molecular weight is 773 g/mol. The third-order valence-corrected chi connectivity index (χ3v) is 11.4. The monoisotopic (exact) mass is 772 g/mol. The molecule has 0 saturated heterocycles. The Bertz CT molecular complexity index is 2780. The number of hydrogen-bond acceptors (Lipinski definition) is 6. The van der Waals surface area contributed by atoms with Crippen LogP contribution in [0.2, 0.25) is 0 Å². The summed E-state index contributed by atoms with van der Waals surface area (Å²) in [7, 11) is 0. The molecule has 2 aliphatic carbocycles. The van der Waals surface area contributed by atoms with Crippen molar-refractivity contribution in [1.82, 2.24) is 29.9 Å². The predicted octanol–water partition coefficient (Wildman–Crippen LogP) is 12.4. The summed E-state index contributed by atoms with van der Waals surface area (Å²) in [6, 6.07) is 38.7. The molecule has 0 saturated carbocycles. The molecule has 2 aromatic carbocycles. The molecule has 0 radical (unpaired) electrons. The van der Waals surface area contributed by atoms with Crippen molar-refractivity contribution < 1.29 is 0 Å². The van der Waals surface area contributed by atoms with Gasteiger partial charge in [-0.15, -0.1) is 0 Å². The Hall–Kier alpha value is -7.70. The van der Waals surface area contributed by atoms with Gasteiger partial charge in [-0.05, 0) is 140 Å². The van der Waals surface area contributed by atoms with Crippen LogP contribution in [0.1, 0.15) is 46.9 Å². The van der Waals surface area contributed by atoms with E-state index in [4.69, 9.17) is 0 Å². The summed E-state index contributed by atoms with van der Waals surface area (Å²) in [4.78, 5) is 27.0. The van der Waals surface area contributed by atoms with Gasteiger partial charge in [0.25, 0.3) is 0 Å². The largest absolute Gasteiger partial charge is 0.264 e. The molecular formula is C54H40N6. The average Bonchev–Trinajstić information content (AvgIpc) is 3.35. The predicted molar refractivity (Wildman–Crippen MR) is 241 cm³/mol. The molecule has 0 spiro atoms. The van der Waals surface area contributed by atoms with Crippen molar-refractivity contribution in [3.63, 3.8) is 0 Å². The SMILES string of the molecule is C1=C(C2=CC(c3cccnc3)=C[C@@H](c3cccnc3)C2)CC(c2cc(-c3cccnc3)cc(-c3cccnc3)c2)C=C1c1cc(-c2cccnc2)cc(-c2cccnc2)c1. The van der Waals surface area contributed by atoms with Crippen LogP contribution in [-0.4, -0.2) is 29.9 Å². The fourth-order valence-electron chi connectivity index (χ4n) is 8.44. The first kappa shape index (κ1) is 36.6. The number of rotatable bonds is 9. The second kappa shape index (κ2) is 16.6. The van der Waals surface area contributed by atoms with E-state index in [0.29, 0.717) is 0 Å². The number of nitrogens with zero attached hydrogens (tertiary/aromatic N) is 6. The van der Waals surface area contributed by atoms with Crippen LogP contribution in [0.25, 0.3) is 55.7 Å². The van der Waals surface area contributed by atoms with Crippen LogP contribution in [0, 0.1) is 0 Å². The van der Waals surface area contributed by atoms with Crippen molar-refractivity contribution in [2.24, 2.45) is 0 Å². The normalized spacial score (nSPS) is 16.3. The van der Waals surface area contributed by atoms with Gasteiger partial charge in [0.1, 0.15) is 0 Å². The van der Waals surface area contributed by atoms with Gasteiger partial charge in [0, 0.05) is 108 Å². The molecule has 6 heteroatoms. The Morgan fingerprint density at radius 1 is 0.317 bits per heavy atom. The van der Waals surface area contributed by atoms with Crippen LogP contribution >= 0.6 is 0 Å². The number of allylic oxidation sites excluding steroid dienone is 8. The molecule has 60 heavy (non-hydrogen) atoms. The van der Waals surface area contributed by atoms with Crippen molar-refractivity contribution in [3.8, 4) is 44.5 Å². The van der Waals surface area contributed by atoms with E-state index in [0.717, 1.165) is 68.5 Å². The van der Waals surface area contributed by atoms with E-state index in [9.17, 15) is 0 Å². The highest BCUT2D eigenvalue weighted by molar-refractivity contribution is 5.86. The van der Waals surface area contributed by atoms with E-state index in [1.807, 2.05) is 111 Å². The Labute approximate surface area is 350 Å². The van der Waals surface area contributed by atoms with Gasteiger partial charge in [-0.1, -0.05) is 72.8 Å². The summed E-state index contributed by atoms with van der Waals surface area (Å²) in [6.07, 6.45) is 34.1. The minimum absolute atomic E-state index is 0.0569. The van der Waals surface area contributed by atoms with E-state index in [-0.39, 0.29) is 11.8 Å². The standard InChI is InChI=1S/C54H40N6/c1-7-37(31-55-13-1)43-19-44(38-8-2-14-56-32-38)23-49(22-43)52-28-53(50-24-45(39-9-3-15-57-33-39)20-46(25-50)40-10-4-16-58-34-40)30-54(29-52)51-26-47(41-11-5-17-59-35-41)21-48(27-51)42-12-6-18-60-36-42/h1-26,28-29,31-36,48,53H,27,30H2/t48-,53?/m1/s1. The van der Waals surface area contributed by atoms with Gasteiger partial charge in [-0.3, -0.25) is 29.9 Å². The summed E-state index contributed by atoms with van der Waals surface area (Å²) < 4.78 is 0. The highest BCUT2D eigenvalue weighted by Crippen LogP contribution is 2.45. The molecule has 1 unspecified atom stereocenters. The van der Waals surface area contributed by atoms with Crippen molar-refractivity contribution in [3.05, 3.63) is 241 Å². The van der Waals surface area contributed by atoms with Crippen molar-refractivity contribution in [2.75, 3.05) is 0 Å². The smallest absolute Gasteiger partial charge is 0.0346 e. The maximum atomic E-state index is 4.53. The van der Waals surface area contributed by atoms with Crippen molar-refractivity contribution >= 4 is 11.1 Å². The van der Waals surface area contributed by atoms with Crippen LogP contribution < -0.4 is 0 Å². The van der Waals surface area contributed by atoms with Crippen molar-refractivity contribution in [1.29, 1.82) is 0 Å². The highest BCUT2D eigenvalue weighted by atomic mass is 14.6. The minimum atomic E-state index is 0.0569. The third kappa shape index (κ3) is 7.91. The molecule has 2 aliphatic rings. The van der Waals surface area contributed by atoms with Gasteiger partial charge in [0.15, 0.2) is 0 Å². The Kier molecular flexibility index (Phi) is 10.2. The van der Waals surface area contributed by atoms with Crippen LogP contribution in [0.5, 0.6) is 0 Å². The lowest BCUT2D eigenvalue weighted by Crippen LogP contribution is -2.11. The molecule has 0 bridgehead atoms. The van der Waals surface area contributed by atoms with Crippen molar-refractivity contribution in [2.45, 2.75) is 24.7 Å². The molecule has 6 heterocycles. The molecular weight excluding hydrogens is 733 g/mol. The number of benzene rings is 2. The second-order valence-corrected chi connectivity index (χ2v) is 15.3. The van der Waals surface area contributed by atoms with E-state index in [1.54, 1.807) is 0 Å². The minimum Gasteiger partial charge on any atom is -0.264 e. The lowest BCUT2D eigenvalue weighted by molar-refractivity contribution is 0.769. The van der Waals surface area contributed by atoms with Gasteiger partial charge in [-0.25, -0.2) is 0 Å². The molecule has 0 fully saturated rings. The van der Waals surface area contributed by atoms with Gasteiger partial charge in [0.05, 0.1) is 0 Å². The molecule has 6 nitrogen and oxygen atoms in total. The Balaban J connectivity index is 1.17. The summed E-state index contributed by atoms with van der Waals surface area (Å²) in [5.74, 6) is 0.209. The quantitative estimate of drug-likeness (QED) is 0.145. The Morgan fingerprint density at radius 2 is 0.667 bits per heavy atom. The molecule has 0 N–H and O–H groups in total.